The zero-order valence-electron chi connectivity index (χ0n) is 13.9. The molecule has 0 unspecified atom stereocenters. The number of rotatable bonds is 5. The fourth-order valence-corrected chi connectivity index (χ4v) is 2.88. The van der Waals surface area contributed by atoms with E-state index in [9.17, 15) is 4.79 Å². The molecule has 1 atom stereocenters. The maximum absolute atomic E-state index is 12.6. The monoisotopic (exact) mass is 350 g/mol. The average molecular weight is 351 g/mol. The molecule has 3 rings (SSSR count). The second-order valence-electron chi connectivity index (χ2n) is 5.94. The van der Waals surface area contributed by atoms with Crippen LogP contribution in [0.15, 0.2) is 73.1 Å². The van der Waals surface area contributed by atoms with Gasteiger partial charge in [0.2, 0.25) is 5.91 Å². The minimum atomic E-state index is -0.262. The largest absolute Gasteiger partial charge is 0.345 e. The quantitative estimate of drug-likeness (QED) is 0.736. The van der Waals surface area contributed by atoms with Gasteiger partial charge in [-0.2, -0.15) is 0 Å². The van der Waals surface area contributed by atoms with Crippen molar-refractivity contribution in [3.8, 4) is 0 Å². The van der Waals surface area contributed by atoms with Gasteiger partial charge < -0.3 is 5.32 Å². The number of carbonyl (C=O) groups excluding carboxylic acids is 1. The zero-order valence-corrected chi connectivity index (χ0v) is 14.7. The van der Waals surface area contributed by atoms with Gasteiger partial charge in [-0.3, -0.25) is 9.78 Å². The van der Waals surface area contributed by atoms with Crippen molar-refractivity contribution in [1.29, 1.82) is 0 Å². The van der Waals surface area contributed by atoms with Crippen molar-refractivity contribution in [2.24, 2.45) is 0 Å². The maximum atomic E-state index is 12.6. The SMILES string of the molecule is Cc1ccccc1CC(=O)N[C@@H](c1ccc(Cl)cc1)c1cccnc1. The van der Waals surface area contributed by atoms with Crippen LogP contribution in [0, 0.1) is 6.92 Å². The van der Waals surface area contributed by atoms with E-state index in [0.29, 0.717) is 11.4 Å². The molecule has 3 aromatic rings. The van der Waals surface area contributed by atoms with Gasteiger partial charge in [-0.25, -0.2) is 0 Å². The zero-order chi connectivity index (χ0) is 17.6. The molecule has 25 heavy (non-hydrogen) atoms. The summed E-state index contributed by atoms with van der Waals surface area (Å²) < 4.78 is 0. The van der Waals surface area contributed by atoms with Crippen LogP contribution in [0.2, 0.25) is 5.02 Å². The highest BCUT2D eigenvalue weighted by Crippen LogP contribution is 2.23. The van der Waals surface area contributed by atoms with Crippen LogP contribution in [-0.2, 0) is 11.2 Å². The van der Waals surface area contributed by atoms with E-state index in [1.165, 1.54) is 0 Å². The number of aromatic nitrogens is 1. The van der Waals surface area contributed by atoms with E-state index in [1.54, 1.807) is 12.4 Å². The molecule has 1 aromatic heterocycles. The van der Waals surface area contributed by atoms with Gasteiger partial charge in [0.1, 0.15) is 0 Å². The minimum Gasteiger partial charge on any atom is -0.345 e. The molecular formula is C21H19ClN2O. The summed E-state index contributed by atoms with van der Waals surface area (Å²) >= 11 is 5.99. The molecule has 4 heteroatoms. The first kappa shape index (κ1) is 17.2. The summed E-state index contributed by atoms with van der Waals surface area (Å²) in [7, 11) is 0. The van der Waals surface area contributed by atoms with Crippen molar-refractivity contribution in [2.75, 3.05) is 0 Å². The molecule has 0 fully saturated rings. The first-order valence-electron chi connectivity index (χ1n) is 8.13. The van der Waals surface area contributed by atoms with Gasteiger partial charge in [-0.05, 0) is 47.4 Å². The van der Waals surface area contributed by atoms with Crippen molar-refractivity contribution in [3.63, 3.8) is 0 Å². The molecule has 0 aliphatic rings. The van der Waals surface area contributed by atoms with Gasteiger partial charge in [-0.15, -0.1) is 0 Å². The molecule has 0 aliphatic heterocycles. The molecule has 2 aromatic carbocycles. The number of hydrogen-bond donors (Lipinski definition) is 1. The average Bonchev–Trinajstić information content (AvgIpc) is 2.63. The van der Waals surface area contributed by atoms with Crippen LogP contribution >= 0.6 is 11.6 Å². The van der Waals surface area contributed by atoms with E-state index < -0.39 is 0 Å². The Bertz CT molecular complexity index is 847. The highest BCUT2D eigenvalue weighted by molar-refractivity contribution is 6.30. The molecule has 1 heterocycles. The molecular weight excluding hydrogens is 332 g/mol. The predicted molar refractivity (Wildman–Crippen MR) is 101 cm³/mol. The second kappa shape index (κ2) is 7.95. The van der Waals surface area contributed by atoms with Crippen molar-refractivity contribution in [1.82, 2.24) is 10.3 Å². The highest BCUT2D eigenvalue weighted by Gasteiger charge is 2.17. The Balaban J connectivity index is 1.84. The summed E-state index contributed by atoms with van der Waals surface area (Å²) in [4.78, 5) is 16.8. The second-order valence-corrected chi connectivity index (χ2v) is 6.38. The van der Waals surface area contributed by atoms with Gasteiger partial charge in [0.25, 0.3) is 0 Å². The summed E-state index contributed by atoms with van der Waals surface area (Å²) in [6.07, 6.45) is 3.84. The van der Waals surface area contributed by atoms with Gasteiger partial charge in [-0.1, -0.05) is 54.1 Å². The Morgan fingerprint density at radius 1 is 1.04 bits per heavy atom. The minimum absolute atomic E-state index is 0.0295. The Morgan fingerprint density at radius 2 is 1.80 bits per heavy atom. The highest BCUT2D eigenvalue weighted by atomic mass is 35.5. The molecule has 0 aliphatic carbocycles. The number of halogens is 1. The molecule has 1 N–H and O–H groups in total. The molecule has 0 saturated heterocycles. The van der Waals surface area contributed by atoms with Crippen LogP contribution in [0.1, 0.15) is 28.3 Å². The Kier molecular flexibility index (Phi) is 5.46. The molecule has 0 spiro atoms. The van der Waals surface area contributed by atoms with Gasteiger partial charge in [0, 0.05) is 17.4 Å². The normalized spacial score (nSPS) is 11.8. The summed E-state index contributed by atoms with van der Waals surface area (Å²) in [5, 5.41) is 3.79. The van der Waals surface area contributed by atoms with Crippen LogP contribution < -0.4 is 5.32 Å². The van der Waals surface area contributed by atoms with Crippen LogP contribution in [0.4, 0.5) is 0 Å². The Hall–Kier alpha value is -2.65. The van der Waals surface area contributed by atoms with Crippen molar-refractivity contribution in [2.45, 2.75) is 19.4 Å². The number of nitrogens with one attached hydrogen (secondary N) is 1. The predicted octanol–water partition coefficient (Wildman–Crippen LogP) is 4.49. The van der Waals surface area contributed by atoms with Crippen LogP contribution in [-0.4, -0.2) is 10.9 Å². The molecule has 3 nitrogen and oxygen atoms in total. The third-order valence-electron chi connectivity index (χ3n) is 4.14. The lowest BCUT2D eigenvalue weighted by atomic mass is 9.99. The van der Waals surface area contributed by atoms with Crippen LogP contribution in [0.25, 0.3) is 0 Å². The van der Waals surface area contributed by atoms with Gasteiger partial charge in [0.15, 0.2) is 0 Å². The Morgan fingerprint density at radius 3 is 2.48 bits per heavy atom. The lowest BCUT2D eigenvalue weighted by Gasteiger charge is -2.20. The van der Waals surface area contributed by atoms with Crippen LogP contribution in [0.3, 0.4) is 0 Å². The van der Waals surface area contributed by atoms with E-state index in [0.717, 1.165) is 22.3 Å². The van der Waals surface area contributed by atoms with Crippen molar-refractivity contribution < 1.29 is 4.79 Å². The summed E-state index contributed by atoms with van der Waals surface area (Å²) in [6, 6.07) is 19.0. The van der Waals surface area contributed by atoms with E-state index in [-0.39, 0.29) is 11.9 Å². The smallest absolute Gasteiger partial charge is 0.225 e. The number of hydrogen-bond acceptors (Lipinski definition) is 2. The number of amides is 1. The lowest BCUT2D eigenvalue weighted by molar-refractivity contribution is -0.120. The molecule has 0 saturated carbocycles. The van der Waals surface area contributed by atoms with Gasteiger partial charge in [0.05, 0.1) is 12.5 Å². The maximum Gasteiger partial charge on any atom is 0.225 e. The van der Waals surface area contributed by atoms with E-state index in [2.05, 4.69) is 10.3 Å². The fourth-order valence-electron chi connectivity index (χ4n) is 2.75. The third kappa shape index (κ3) is 4.46. The summed E-state index contributed by atoms with van der Waals surface area (Å²) in [6.45, 7) is 2.01. The van der Waals surface area contributed by atoms with E-state index in [4.69, 9.17) is 11.6 Å². The number of nitrogens with zero attached hydrogens (tertiary/aromatic N) is 1. The summed E-state index contributed by atoms with van der Waals surface area (Å²) in [5.74, 6) is -0.0295. The van der Waals surface area contributed by atoms with Gasteiger partial charge >= 0.3 is 0 Å². The molecule has 126 valence electrons. The van der Waals surface area contributed by atoms with E-state index in [1.807, 2.05) is 67.6 Å². The third-order valence-corrected chi connectivity index (χ3v) is 4.39. The number of aryl methyl sites for hydroxylation is 1. The number of carbonyl (C=O) groups is 1. The summed E-state index contributed by atoms with van der Waals surface area (Å²) in [5.41, 5.74) is 4.04. The topological polar surface area (TPSA) is 42.0 Å². The fraction of sp³-hybridized carbons (Fsp3) is 0.143. The first-order chi connectivity index (χ1) is 12.1. The first-order valence-corrected chi connectivity index (χ1v) is 8.50. The van der Waals surface area contributed by atoms with E-state index >= 15 is 0 Å². The van der Waals surface area contributed by atoms with Crippen LogP contribution in [0.5, 0.6) is 0 Å². The lowest BCUT2D eigenvalue weighted by Crippen LogP contribution is -2.30. The number of benzene rings is 2. The molecule has 0 bridgehead atoms. The number of pyridine rings is 1. The van der Waals surface area contributed by atoms with Crippen molar-refractivity contribution in [3.05, 3.63) is 100 Å². The molecule has 0 radical (unpaired) electrons. The molecule has 1 amide bonds. The Labute approximate surface area is 152 Å². The standard InChI is InChI=1S/C21H19ClN2O/c1-15-5-2-3-6-17(15)13-20(25)24-21(18-7-4-12-23-14-18)16-8-10-19(22)11-9-16/h2-12,14,21H,13H2,1H3,(H,24,25)/t21-/m0/s1. The van der Waals surface area contributed by atoms with Crippen molar-refractivity contribution >= 4 is 17.5 Å².